The lowest BCUT2D eigenvalue weighted by Crippen LogP contribution is -2.04. The van der Waals surface area contributed by atoms with Gasteiger partial charge in [0.15, 0.2) is 0 Å². The molecule has 2 rings (SSSR count). The Morgan fingerprint density at radius 1 is 1.21 bits per heavy atom. The molecule has 0 heterocycles. The predicted molar refractivity (Wildman–Crippen MR) is 71.6 cm³/mol. The van der Waals surface area contributed by atoms with Gasteiger partial charge in [0.05, 0.1) is 4.92 Å². The maximum Gasteiger partial charge on any atom is 0.305 e. The molecule has 0 aliphatic carbocycles. The Labute approximate surface area is 110 Å². The van der Waals surface area contributed by atoms with Crippen molar-refractivity contribution in [3.05, 3.63) is 69.5 Å². The van der Waals surface area contributed by atoms with E-state index in [0.717, 1.165) is 17.3 Å². The summed E-state index contributed by atoms with van der Waals surface area (Å²) in [6.07, 6.45) is 0. The van der Waals surface area contributed by atoms with Gasteiger partial charge in [0, 0.05) is 23.9 Å². The predicted octanol–water partition coefficient (Wildman–Crippen LogP) is 3.65. The number of nitrogens with zero attached hydrogens (tertiary/aromatic N) is 1. The second-order valence-electron chi connectivity index (χ2n) is 4.23. The molecule has 0 radical (unpaired) electrons. The summed E-state index contributed by atoms with van der Waals surface area (Å²) in [5.41, 5.74) is 1.75. The Kier molecular flexibility index (Phi) is 3.75. The largest absolute Gasteiger partial charge is 0.381 e. The van der Waals surface area contributed by atoms with Gasteiger partial charge in [-0.3, -0.25) is 10.1 Å². The topological polar surface area (TPSA) is 55.2 Å². The lowest BCUT2D eigenvalue weighted by Gasteiger charge is -2.07. The van der Waals surface area contributed by atoms with Crippen LogP contribution in [0.4, 0.5) is 15.8 Å². The lowest BCUT2D eigenvalue weighted by atomic mass is 10.1. The summed E-state index contributed by atoms with van der Waals surface area (Å²) in [6, 6.07) is 11.8. The molecule has 19 heavy (non-hydrogen) atoms. The van der Waals surface area contributed by atoms with E-state index in [9.17, 15) is 14.5 Å². The van der Waals surface area contributed by atoms with Gasteiger partial charge in [0.2, 0.25) is 5.82 Å². The number of nitrogens with one attached hydrogen (secondary N) is 1. The maximum absolute atomic E-state index is 13.8. The number of hydrogen-bond donors (Lipinski definition) is 1. The van der Waals surface area contributed by atoms with Crippen molar-refractivity contribution in [3.63, 3.8) is 0 Å². The molecule has 98 valence electrons. The number of nitro benzene ring substituents is 1. The van der Waals surface area contributed by atoms with Crippen LogP contribution in [0.1, 0.15) is 11.1 Å². The average molecular weight is 260 g/mol. The van der Waals surface area contributed by atoms with E-state index in [1.54, 1.807) is 0 Å². The minimum Gasteiger partial charge on any atom is -0.381 e. The molecule has 0 unspecified atom stereocenters. The maximum atomic E-state index is 13.8. The minimum absolute atomic E-state index is 0.205. The van der Waals surface area contributed by atoms with Gasteiger partial charge >= 0.3 is 5.69 Å². The van der Waals surface area contributed by atoms with Crippen molar-refractivity contribution in [2.24, 2.45) is 0 Å². The highest BCUT2D eigenvalue weighted by Crippen LogP contribution is 2.21. The van der Waals surface area contributed by atoms with Crippen LogP contribution in [0.2, 0.25) is 0 Å². The Morgan fingerprint density at radius 3 is 2.53 bits per heavy atom. The van der Waals surface area contributed by atoms with E-state index in [2.05, 4.69) is 5.32 Å². The van der Waals surface area contributed by atoms with Gasteiger partial charge in [-0.25, -0.2) is 0 Å². The number of anilines is 1. The summed E-state index contributed by atoms with van der Waals surface area (Å²) in [5.74, 6) is -0.785. The molecular weight excluding hydrogens is 247 g/mol. The quantitative estimate of drug-likeness (QED) is 0.674. The molecule has 2 aromatic carbocycles. The van der Waals surface area contributed by atoms with Crippen LogP contribution in [-0.2, 0) is 6.54 Å². The summed E-state index contributed by atoms with van der Waals surface area (Å²) >= 11 is 0. The van der Waals surface area contributed by atoms with Crippen molar-refractivity contribution in [1.29, 1.82) is 0 Å². The van der Waals surface area contributed by atoms with Gasteiger partial charge in [-0.1, -0.05) is 29.8 Å². The third-order valence-electron chi connectivity index (χ3n) is 2.79. The molecule has 0 saturated carbocycles. The molecule has 0 bridgehead atoms. The fourth-order valence-corrected chi connectivity index (χ4v) is 1.71. The zero-order valence-electron chi connectivity index (χ0n) is 10.4. The van der Waals surface area contributed by atoms with Crippen molar-refractivity contribution in [2.45, 2.75) is 13.5 Å². The van der Waals surface area contributed by atoms with Gasteiger partial charge < -0.3 is 5.32 Å². The minimum atomic E-state index is -0.785. The number of aryl methyl sites for hydroxylation is 1. The van der Waals surface area contributed by atoms with Crippen molar-refractivity contribution in [2.75, 3.05) is 5.32 Å². The van der Waals surface area contributed by atoms with Gasteiger partial charge in [-0.05, 0) is 19.1 Å². The first-order valence-electron chi connectivity index (χ1n) is 5.80. The number of benzene rings is 2. The third kappa shape index (κ3) is 3.07. The summed E-state index contributed by atoms with van der Waals surface area (Å²) in [6.45, 7) is 2.18. The average Bonchev–Trinajstić information content (AvgIpc) is 2.39. The Hall–Kier alpha value is -2.43. The lowest BCUT2D eigenvalue weighted by molar-refractivity contribution is -0.387. The van der Waals surface area contributed by atoms with E-state index in [1.807, 2.05) is 31.2 Å². The Morgan fingerprint density at radius 2 is 1.89 bits per heavy atom. The van der Waals surface area contributed by atoms with Crippen molar-refractivity contribution < 1.29 is 9.31 Å². The molecule has 0 amide bonds. The van der Waals surface area contributed by atoms with Crippen LogP contribution in [0, 0.1) is 22.9 Å². The van der Waals surface area contributed by atoms with E-state index in [0.29, 0.717) is 0 Å². The molecule has 4 nitrogen and oxygen atoms in total. The molecule has 0 aliphatic heterocycles. The highest BCUT2D eigenvalue weighted by molar-refractivity contribution is 5.46. The van der Waals surface area contributed by atoms with Crippen molar-refractivity contribution in [1.82, 2.24) is 0 Å². The molecule has 2 aromatic rings. The van der Waals surface area contributed by atoms with E-state index in [-0.39, 0.29) is 12.1 Å². The second kappa shape index (κ2) is 5.48. The first-order valence-corrected chi connectivity index (χ1v) is 5.80. The Bertz CT molecular complexity index is 597. The van der Waals surface area contributed by atoms with Crippen molar-refractivity contribution >= 4 is 11.4 Å². The van der Waals surface area contributed by atoms with Crippen LogP contribution in [0.25, 0.3) is 0 Å². The van der Waals surface area contributed by atoms with Crippen LogP contribution in [-0.4, -0.2) is 4.92 Å². The molecule has 0 fully saturated rings. The standard InChI is InChI=1S/C14H13FN2O2/c1-10-5-7-12(8-6-10)16-9-11-3-2-4-13(14(11)15)17(18)19/h2-8,16H,9H2,1H3. The molecule has 0 spiro atoms. The van der Waals surface area contributed by atoms with E-state index in [4.69, 9.17) is 0 Å². The van der Waals surface area contributed by atoms with Gasteiger partial charge in [0.1, 0.15) is 0 Å². The smallest absolute Gasteiger partial charge is 0.305 e. The molecule has 5 heteroatoms. The highest BCUT2D eigenvalue weighted by atomic mass is 19.1. The fraction of sp³-hybridized carbons (Fsp3) is 0.143. The summed E-state index contributed by atoms with van der Waals surface area (Å²) in [7, 11) is 0. The number of nitro groups is 1. The SMILES string of the molecule is Cc1ccc(NCc2cccc([N+](=O)[O-])c2F)cc1. The van der Waals surface area contributed by atoms with Crippen LogP contribution >= 0.6 is 0 Å². The van der Waals surface area contributed by atoms with Crippen LogP contribution < -0.4 is 5.32 Å². The highest BCUT2D eigenvalue weighted by Gasteiger charge is 2.16. The fourth-order valence-electron chi connectivity index (χ4n) is 1.71. The molecule has 0 aromatic heterocycles. The molecular formula is C14H13FN2O2. The summed E-state index contributed by atoms with van der Waals surface area (Å²) < 4.78 is 13.8. The van der Waals surface area contributed by atoms with Gasteiger partial charge in [0.25, 0.3) is 0 Å². The molecule has 1 N–H and O–H groups in total. The first kappa shape index (κ1) is 13.0. The summed E-state index contributed by atoms with van der Waals surface area (Å²) in [5, 5.41) is 13.7. The van der Waals surface area contributed by atoms with Crippen LogP contribution in [0.3, 0.4) is 0 Å². The van der Waals surface area contributed by atoms with Crippen LogP contribution in [0.15, 0.2) is 42.5 Å². The molecule has 0 atom stereocenters. The van der Waals surface area contributed by atoms with E-state index < -0.39 is 16.4 Å². The zero-order chi connectivity index (χ0) is 13.8. The second-order valence-corrected chi connectivity index (χ2v) is 4.23. The first-order chi connectivity index (χ1) is 9.08. The monoisotopic (exact) mass is 260 g/mol. The number of rotatable bonds is 4. The Balaban J connectivity index is 2.13. The number of halogens is 1. The van der Waals surface area contributed by atoms with Crippen molar-refractivity contribution in [3.8, 4) is 0 Å². The zero-order valence-corrected chi connectivity index (χ0v) is 10.4. The third-order valence-corrected chi connectivity index (χ3v) is 2.79. The van der Waals surface area contributed by atoms with E-state index >= 15 is 0 Å². The number of hydrogen-bond acceptors (Lipinski definition) is 3. The summed E-state index contributed by atoms with van der Waals surface area (Å²) in [4.78, 5) is 9.91. The normalized spacial score (nSPS) is 10.2. The molecule has 0 saturated heterocycles. The van der Waals surface area contributed by atoms with Crippen LogP contribution in [0.5, 0.6) is 0 Å². The van der Waals surface area contributed by atoms with E-state index in [1.165, 1.54) is 12.1 Å². The van der Waals surface area contributed by atoms with Gasteiger partial charge in [-0.15, -0.1) is 0 Å². The molecule has 0 aliphatic rings. The van der Waals surface area contributed by atoms with Gasteiger partial charge in [-0.2, -0.15) is 4.39 Å².